The molecular formula is C22H26O6. The third kappa shape index (κ3) is 3.16. The van der Waals surface area contributed by atoms with E-state index in [1.807, 2.05) is 18.2 Å². The third-order valence-electron chi connectivity index (χ3n) is 5.78. The van der Waals surface area contributed by atoms with E-state index < -0.39 is 36.8 Å². The molecule has 1 unspecified atom stereocenters. The van der Waals surface area contributed by atoms with Gasteiger partial charge in [0.1, 0.15) is 24.4 Å². The van der Waals surface area contributed by atoms with Gasteiger partial charge in [-0.25, -0.2) is 0 Å². The molecule has 0 saturated carbocycles. The minimum absolute atomic E-state index is 0.221. The fourth-order valence-corrected chi connectivity index (χ4v) is 4.06. The van der Waals surface area contributed by atoms with Gasteiger partial charge in [0.2, 0.25) is 5.79 Å². The summed E-state index contributed by atoms with van der Waals surface area (Å²) < 4.78 is 11.6. The van der Waals surface area contributed by atoms with Crippen LogP contribution in [-0.2, 0) is 34.7 Å². The Labute approximate surface area is 164 Å². The van der Waals surface area contributed by atoms with Gasteiger partial charge >= 0.3 is 0 Å². The van der Waals surface area contributed by atoms with Crippen LogP contribution in [0.2, 0.25) is 0 Å². The highest BCUT2D eigenvalue weighted by Gasteiger charge is 2.58. The first-order chi connectivity index (χ1) is 13.5. The quantitative estimate of drug-likeness (QED) is 0.626. The number of aryl methyl sites for hydroxylation is 1. The fourth-order valence-electron chi connectivity index (χ4n) is 4.06. The van der Waals surface area contributed by atoms with E-state index in [-0.39, 0.29) is 6.61 Å². The molecule has 0 radical (unpaired) electrons. The van der Waals surface area contributed by atoms with Crippen LogP contribution in [0.1, 0.15) is 34.7 Å². The van der Waals surface area contributed by atoms with Crippen molar-refractivity contribution in [3.05, 3.63) is 70.3 Å². The molecule has 28 heavy (non-hydrogen) atoms. The van der Waals surface area contributed by atoms with E-state index in [0.717, 1.165) is 17.5 Å². The molecule has 4 N–H and O–H groups in total. The summed E-state index contributed by atoms with van der Waals surface area (Å²) in [6.07, 6.45) is -3.69. The standard InChI is InChI=1S/C22H26O6/c1-2-13-3-5-14(6-4-13)9-15-7-8-16-12-27-22(17(16)10-15)21(26)20(25)19(24)18(11-23)28-22/h3-8,10,18-21,23-26H,2,9,11-12H2,1H3/t18-,19?,20+,21-,22+/m1/s1. The normalized spacial score (nSPS) is 31.9. The number of rotatable bonds is 4. The van der Waals surface area contributed by atoms with Crippen LogP contribution >= 0.6 is 0 Å². The van der Waals surface area contributed by atoms with E-state index >= 15 is 0 Å². The van der Waals surface area contributed by atoms with Gasteiger partial charge in [0.15, 0.2) is 0 Å². The smallest absolute Gasteiger partial charge is 0.225 e. The maximum atomic E-state index is 10.7. The largest absolute Gasteiger partial charge is 0.394 e. The maximum Gasteiger partial charge on any atom is 0.225 e. The van der Waals surface area contributed by atoms with Crippen LogP contribution in [0.15, 0.2) is 42.5 Å². The summed E-state index contributed by atoms with van der Waals surface area (Å²) >= 11 is 0. The molecule has 0 amide bonds. The van der Waals surface area contributed by atoms with Crippen molar-refractivity contribution in [1.82, 2.24) is 0 Å². The summed E-state index contributed by atoms with van der Waals surface area (Å²) in [6.45, 7) is 1.85. The highest BCUT2D eigenvalue weighted by molar-refractivity contribution is 5.41. The van der Waals surface area contributed by atoms with E-state index in [2.05, 4.69) is 31.2 Å². The predicted molar refractivity (Wildman–Crippen MR) is 102 cm³/mol. The molecule has 1 saturated heterocycles. The zero-order chi connectivity index (χ0) is 19.9. The van der Waals surface area contributed by atoms with Crippen molar-refractivity contribution in [2.75, 3.05) is 6.61 Å². The van der Waals surface area contributed by atoms with Gasteiger partial charge in [-0.05, 0) is 41.2 Å². The van der Waals surface area contributed by atoms with Gasteiger partial charge in [-0.15, -0.1) is 0 Å². The van der Waals surface area contributed by atoms with Gasteiger partial charge in [-0.3, -0.25) is 0 Å². The number of benzene rings is 2. The first kappa shape index (κ1) is 19.5. The monoisotopic (exact) mass is 386 g/mol. The van der Waals surface area contributed by atoms with Crippen LogP contribution in [0, 0.1) is 0 Å². The second kappa shape index (κ2) is 7.55. The number of fused-ring (bicyclic) bond motifs is 2. The van der Waals surface area contributed by atoms with Gasteiger partial charge in [-0.2, -0.15) is 0 Å². The fraction of sp³-hybridized carbons (Fsp3) is 0.455. The lowest BCUT2D eigenvalue weighted by atomic mass is 9.86. The first-order valence-electron chi connectivity index (χ1n) is 9.65. The first-order valence-corrected chi connectivity index (χ1v) is 9.65. The van der Waals surface area contributed by atoms with E-state index in [0.29, 0.717) is 12.0 Å². The zero-order valence-electron chi connectivity index (χ0n) is 15.8. The molecule has 6 nitrogen and oxygen atoms in total. The Morgan fingerprint density at radius 3 is 2.32 bits per heavy atom. The summed E-state index contributed by atoms with van der Waals surface area (Å²) in [5, 5.41) is 40.5. The van der Waals surface area contributed by atoms with Crippen LogP contribution in [0.4, 0.5) is 0 Å². The number of aliphatic hydroxyl groups is 4. The summed E-state index contributed by atoms with van der Waals surface area (Å²) in [4.78, 5) is 0. The molecule has 0 bridgehead atoms. The van der Waals surface area contributed by atoms with Crippen molar-refractivity contribution in [2.24, 2.45) is 0 Å². The van der Waals surface area contributed by atoms with Crippen LogP contribution in [0.25, 0.3) is 0 Å². The highest BCUT2D eigenvalue weighted by Crippen LogP contribution is 2.46. The SMILES string of the molecule is CCc1ccc(Cc2ccc3c(c2)[C@]2(OC3)O[C@H](CO)C(O)[C@H](O)[C@H]2O)cc1. The van der Waals surface area contributed by atoms with Gasteiger partial charge < -0.3 is 29.9 Å². The average Bonchev–Trinajstić information content (AvgIpc) is 3.08. The van der Waals surface area contributed by atoms with E-state index in [1.54, 1.807) is 0 Å². The summed E-state index contributed by atoms with van der Waals surface area (Å²) in [6, 6.07) is 14.3. The molecule has 5 atom stereocenters. The zero-order valence-corrected chi connectivity index (χ0v) is 15.8. The molecule has 2 aliphatic rings. The molecule has 2 aromatic rings. The van der Waals surface area contributed by atoms with Gasteiger partial charge in [0.25, 0.3) is 0 Å². The van der Waals surface area contributed by atoms with Crippen molar-refractivity contribution in [2.45, 2.75) is 56.6 Å². The average molecular weight is 386 g/mol. The van der Waals surface area contributed by atoms with Crippen molar-refractivity contribution < 1.29 is 29.9 Å². The molecule has 1 spiro atoms. The van der Waals surface area contributed by atoms with Gasteiger partial charge in [-0.1, -0.05) is 43.3 Å². The number of aliphatic hydroxyl groups excluding tert-OH is 4. The van der Waals surface area contributed by atoms with Crippen LogP contribution in [0.3, 0.4) is 0 Å². The summed E-state index contributed by atoms with van der Waals surface area (Å²) in [5.74, 6) is -1.59. The molecule has 0 aliphatic carbocycles. The molecular weight excluding hydrogens is 360 g/mol. The second-order valence-corrected chi connectivity index (χ2v) is 7.56. The Morgan fingerprint density at radius 1 is 0.964 bits per heavy atom. The molecule has 2 aliphatic heterocycles. The number of hydrogen-bond donors (Lipinski definition) is 4. The molecule has 2 aromatic carbocycles. The number of hydrogen-bond acceptors (Lipinski definition) is 6. The van der Waals surface area contributed by atoms with Crippen molar-refractivity contribution in [3.63, 3.8) is 0 Å². The molecule has 2 heterocycles. The van der Waals surface area contributed by atoms with Crippen LogP contribution in [-0.4, -0.2) is 51.4 Å². The Bertz CT molecular complexity index is 833. The lowest BCUT2D eigenvalue weighted by molar-refractivity contribution is -0.368. The maximum absolute atomic E-state index is 10.7. The van der Waals surface area contributed by atoms with E-state index in [4.69, 9.17) is 9.47 Å². The Kier molecular flexibility index (Phi) is 5.26. The second-order valence-electron chi connectivity index (χ2n) is 7.56. The Hall–Kier alpha value is -1.80. The van der Waals surface area contributed by atoms with Crippen molar-refractivity contribution >= 4 is 0 Å². The lowest BCUT2D eigenvalue weighted by Crippen LogP contribution is -2.63. The Morgan fingerprint density at radius 2 is 1.64 bits per heavy atom. The van der Waals surface area contributed by atoms with E-state index in [1.165, 1.54) is 11.1 Å². The lowest BCUT2D eigenvalue weighted by Gasteiger charge is -2.46. The van der Waals surface area contributed by atoms with Gasteiger partial charge in [0, 0.05) is 5.56 Å². The molecule has 1 fully saturated rings. The molecule has 150 valence electrons. The van der Waals surface area contributed by atoms with Crippen molar-refractivity contribution in [3.8, 4) is 0 Å². The summed E-state index contributed by atoms with van der Waals surface area (Å²) in [7, 11) is 0. The predicted octanol–water partition coefficient (Wildman–Crippen LogP) is 0.997. The Balaban J connectivity index is 1.66. The minimum Gasteiger partial charge on any atom is -0.394 e. The van der Waals surface area contributed by atoms with Crippen LogP contribution < -0.4 is 0 Å². The topological polar surface area (TPSA) is 99.4 Å². The van der Waals surface area contributed by atoms with Gasteiger partial charge in [0.05, 0.1) is 13.2 Å². The van der Waals surface area contributed by atoms with E-state index in [9.17, 15) is 20.4 Å². The molecule has 4 rings (SSSR count). The minimum atomic E-state index is -1.59. The molecule has 0 aromatic heterocycles. The number of ether oxygens (including phenoxy) is 2. The van der Waals surface area contributed by atoms with Crippen LogP contribution in [0.5, 0.6) is 0 Å². The molecule has 6 heteroatoms. The third-order valence-corrected chi connectivity index (χ3v) is 5.78. The highest BCUT2D eigenvalue weighted by atomic mass is 16.7. The van der Waals surface area contributed by atoms with Crippen molar-refractivity contribution in [1.29, 1.82) is 0 Å². The summed E-state index contributed by atoms with van der Waals surface area (Å²) in [5.41, 5.74) is 4.95.